The molecule has 0 saturated heterocycles. The van der Waals surface area contributed by atoms with Gasteiger partial charge in [0.1, 0.15) is 11.5 Å². The minimum atomic E-state index is 0.286. The van der Waals surface area contributed by atoms with Crippen LogP contribution in [0.3, 0.4) is 0 Å². The summed E-state index contributed by atoms with van der Waals surface area (Å²) in [6.07, 6.45) is 4.46. The molecule has 0 spiro atoms. The molecule has 0 fully saturated rings. The Morgan fingerprint density at radius 2 is 1.64 bits per heavy atom. The first-order valence-electron chi connectivity index (χ1n) is 8.55. The fraction of sp³-hybridized carbons (Fsp3) is 0.429. The van der Waals surface area contributed by atoms with Crippen molar-refractivity contribution in [3.05, 3.63) is 36.4 Å². The van der Waals surface area contributed by atoms with Gasteiger partial charge in [-0.3, -0.25) is 0 Å². The first kappa shape index (κ1) is 20.3. The van der Waals surface area contributed by atoms with Gasteiger partial charge in [-0.2, -0.15) is 10.5 Å². The van der Waals surface area contributed by atoms with Crippen LogP contribution in [0.1, 0.15) is 50.7 Å². The highest BCUT2D eigenvalue weighted by Gasteiger charge is 2.17. The summed E-state index contributed by atoms with van der Waals surface area (Å²) in [5.41, 5.74) is 1.73. The van der Waals surface area contributed by atoms with E-state index in [0.29, 0.717) is 40.7 Å². The number of unbranched alkanes of at least 4 members (excludes halogenated alkanes) is 1. The topological polar surface area (TPSA) is 66.0 Å². The molecule has 0 radical (unpaired) electrons. The number of nitrogens with zero attached hydrogens (tertiary/aromatic N) is 2. The summed E-state index contributed by atoms with van der Waals surface area (Å²) in [6, 6.07) is 7.49. The van der Waals surface area contributed by atoms with Crippen molar-refractivity contribution in [1.82, 2.24) is 0 Å². The van der Waals surface area contributed by atoms with Crippen LogP contribution in [0, 0.1) is 28.6 Å². The van der Waals surface area contributed by atoms with Crippen LogP contribution in [0.25, 0.3) is 11.1 Å². The van der Waals surface area contributed by atoms with E-state index in [4.69, 9.17) is 14.7 Å². The molecule has 0 aromatic heterocycles. The molecule has 0 saturated carbocycles. The lowest BCUT2D eigenvalue weighted by Gasteiger charge is -2.19. The SMILES string of the molecule is C=C(C#N)c1cc(OCC(CC)CCCC)c(C(=C)C#N)cc1OC. The van der Waals surface area contributed by atoms with E-state index >= 15 is 0 Å². The van der Waals surface area contributed by atoms with Crippen LogP contribution in [0.5, 0.6) is 11.5 Å². The normalized spacial score (nSPS) is 11.1. The van der Waals surface area contributed by atoms with E-state index in [1.165, 1.54) is 13.5 Å². The van der Waals surface area contributed by atoms with Crippen molar-refractivity contribution in [2.45, 2.75) is 39.5 Å². The number of methoxy groups -OCH3 is 1. The zero-order valence-electron chi connectivity index (χ0n) is 15.4. The summed E-state index contributed by atoms with van der Waals surface area (Å²) >= 11 is 0. The molecule has 0 amide bonds. The maximum Gasteiger partial charge on any atom is 0.128 e. The van der Waals surface area contributed by atoms with Crippen LogP contribution in [-0.4, -0.2) is 13.7 Å². The summed E-state index contributed by atoms with van der Waals surface area (Å²) in [4.78, 5) is 0. The lowest BCUT2D eigenvalue weighted by Crippen LogP contribution is -2.12. The Morgan fingerprint density at radius 1 is 1.08 bits per heavy atom. The number of hydrogen-bond acceptors (Lipinski definition) is 4. The zero-order valence-corrected chi connectivity index (χ0v) is 15.4. The van der Waals surface area contributed by atoms with Crippen LogP contribution in [0.2, 0.25) is 0 Å². The van der Waals surface area contributed by atoms with E-state index in [1.807, 2.05) is 6.07 Å². The Balaban J connectivity index is 3.21. The van der Waals surface area contributed by atoms with Gasteiger partial charge in [-0.15, -0.1) is 0 Å². The van der Waals surface area contributed by atoms with Gasteiger partial charge in [0.05, 0.1) is 37.0 Å². The summed E-state index contributed by atoms with van der Waals surface area (Å²) in [7, 11) is 1.51. The Hall–Kier alpha value is -2.72. The van der Waals surface area contributed by atoms with Gasteiger partial charge in [0.2, 0.25) is 0 Å². The van der Waals surface area contributed by atoms with Gasteiger partial charge in [-0.05, 0) is 24.5 Å². The average Bonchev–Trinajstić information content (AvgIpc) is 2.66. The molecule has 0 aliphatic rings. The molecule has 132 valence electrons. The summed E-state index contributed by atoms with van der Waals surface area (Å²) in [6.45, 7) is 12.4. The largest absolute Gasteiger partial charge is 0.496 e. The molecule has 1 rings (SSSR count). The Kier molecular flexibility index (Phi) is 8.30. The van der Waals surface area contributed by atoms with Crippen molar-refractivity contribution in [1.29, 1.82) is 10.5 Å². The van der Waals surface area contributed by atoms with Crippen LogP contribution in [-0.2, 0) is 0 Å². The number of nitriles is 2. The molecule has 0 N–H and O–H groups in total. The van der Waals surface area contributed by atoms with Gasteiger partial charge in [0.25, 0.3) is 0 Å². The molecule has 25 heavy (non-hydrogen) atoms. The van der Waals surface area contributed by atoms with Crippen LogP contribution in [0.4, 0.5) is 0 Å². The molecule has 4 nitrogen and oxygen atoms in total. The van der Waals surface area contributed by atoms with E-state index in [0.717, 1.165) is 19.3 Å². The second-order valence-electron chi connectivity index (χ2n) is 5.96. The minimum Gasteiger partial charge on any atom is -0.496 e. The van der Waals surface area contributed by atoms with E-state index in [9.17, 15) is 5.26 Å². The molecule has 0 aliphatic heterocycles. The average molecular weight is 338 g/mol. The van der Waals surface area contributed by atoms with Crippen molar-refractivity contribution in [3.8, 4) is 23.6 Å². The Labute approximate surface area is 151 Å². The lowest BCUT2D eigenvalue weighted by molar-refractivity contribution is 0.232. The fourth-order valence-electron chi connectivity index (χ4n) is 2.55. The van der Waals surface area contributed by atoms with Crippen molar-refractivity contribution >= 4 is 11.1 Å². The number of allylic oxidation sites excluding steroid dienone is 2. The van der Waals surface area contributed by atoms with E-state index in [2.05, 4.69) is 33.1 Å². The predicted octanol–water partition coefficient (Wildman–Crippen LogP) is 5.36. The molecule has 1 atom stereocenters. The third kappa shape index (κ3) is 5.40. The lowest BCUT2D eigenvalue weighted by atomic mass is 9.99. The van der Waals surface area contributed by atoms with Crippen LogP contribution in [0.15, 0.2) is 25.3 Å². The molecule has 0 bridgehead atoms. The Bertz CT molecular complexity index is 708. The van der Waals surface area contributed by atoms with Gasteiger partial charge in [-0.25, -0.2) is 0 Å². The maximum absolute atomic E-state index is 9.22. The number of ether oxygens (including phenoxy) is 2. The molecule has 1 aromatic carbocycles. The molecule has 0 heterocycles. The van der Waals surface area contributed by atoms with Crippen molar-refractivity contribution in [3.63, 3.8) is 0 Å². The monoisotopic (exact) mass is 338 g/mol. The number of benzene rings is 1. The molecular formula is C21H26N2O2. The molecule has 4 heteroatoms. The third-order valence-corrected chi connectivity index (χ3v) is 4.24. The highest BCUT2D eigenvalue weighted by molar-refractivity contribution is 5.85. The standard InChI is InChI=1S/C21H26N2O2/c1-6-8-9-17(7-2)14-25-21-11-18(15(3)12-22)20(24-5)10-19(21)16(4)13-23/h10-11,17H,3-4,6-9,14H2,1-2,5H3. The molecular weight excluding hydrogens is 312 g/mol. The molecule has 1 aromatic rings. The maximum atomic E-state index is 9.22. The summed E-state index contributed by atoms with van der Waals surface area (Å²) < 4.78 is 11.4. The number of rotatable bonds is 10. The quantitative estimate of drug-likeness (QED) is 0.538. The molecule has 0 aliphatic carbocycles. The third-order valence-electron chi connectivity index (χ3n) is 4.24. The molecule has 1 unspecified atom stereocenters. The second-order valence-corrected chi connectivity index (χ2v) is 5.96. The zero-order chi connectivity index (χ0) is 18.8. The minimum absolute atomic E-state index is 0.286. The predicted molar refractivity (Wildman–Crippen MR) is 101 cm³/mol. The van der Waals surface area contributed by atoms with Gasteiger partial charge < -0.3 is 9.47 Å². The van der Waals surface area contributed by atoms with E-state index in [1.54, 1.807) is 12.1 Å². The van der Waals surface area contributed by atoms with Gasteiger partial charge in [0.15, 0.2) is 0 Å². The smallest absolute Gasteiger partial charge is 0.128 e. The second kappa shape index (κ2) is 10.2. The van der Waals surface area contributed by atoms with Crippen molar-refractivity contribution < 1.29 is 9.47 Å². The van der Waals surface area contributed by atoms with Crippen LogP contribution < -0.4 is 9.47 Å². The van der Waals surface area contributed by atoms with E-state index < -0.39 is 0 Å². The summed E-state index contributed by atoms with van der Waals surface area (Å²) in [5.74, 6) is 1.46. The van der Waals surface area contributed by atoms with E-state index in [-0.39, 0.29) is 5.57 Å². The number of hydrogen-bond donors (Lipinski definition) is 0. The highest BCUT2D eigenvalue weighted by Crippen LogP contribution is 2.36. The highest BCUT2D eigenvalue weighted by atomic mass is 16.5. The first-order valence-corrected chi connectivity index (χ1v) is 8.55. The van der Waals surface area contributed by atoms with Gasteiger partial charge >= 0.3 is 0 Å². The van der Waals surface area contributed by atoms with Crippen molar-refractivity contribution in [2.75, 3.05) is 13.7 Å². The Morgan fingerprint density at radius 3 is 2.12 bits per heavy atom. The van der Waals surface area contributed by atoms with Crippen LogP contribution >= 0.6 is 0 Å². The van der Waals surface area contributed by atoms with Gasteiger partial charge in [0, 0.05) is 11.1 Å². The first-order chi connectivity index (χ1) is 12.0. The fourth-order valence-corrected chi connectivity index (χ4v) is 2.55. The van der Waals surface area contributed by atoms with Crippen molar-refractivity contribution in [2.24, 2.45) is 5.92 Å². The summed E-state index contributed by atoms with van der Waals surface area (Å²) in [5, 5.41) is 18.4. The van der Waals surface area contributed by atoms with Gasteiger partial charge in [-0.1, -0.05) is 46.3 Å².